The maximum absolute atomic E-state index is 11.9. The van der Waals surface area contributed by atoms with Crippen LogP contribution < -0.4 is 0 Å². The molecular weight excluding hydrogens is 266 g/mol. The van der Waals surface area contributed by atoms with Gasteiger partial charge in [0.1, 0.15) is 0 Å². The van der Waals surface area contributed by atoms with Crippen molar-refractivity contribution in [2.24, 2.45) is 0 Å². The number of hydrogen-bond acceptors (Lipinski definition) is 4. The van der Waals surface area contributed by atoms with Gasteiger partial charge in [0.05, 0.1) is 12.7 Å². The van der Waals surface area contributed by atoms with Gasteiger partial charge in [-0.1, -0.05) is 65.8 Å². The average molecular weight is 279 g/mol. The summed E-state index contributed by atoms with van der Waals surface area (Å²) in [5, 5.41) is 3.89. The van der Waals surface area contributed by atoms with E-state index in [0.29, 0.717) is 11.3 Å². The summed E-state index contributed by atoms with van der Waals surface area (Å²) in [6.45, 7) is 0. The lowest BCUT2D eigenvalue weighted by Crippen LogP contribution is -2.03. The number of esters is 1. The molecule has 0 unspecified atom stereocenters. The van der Waals surface area contributed by atoms with Crippen molar-refractivity contribution >= 4 is 5.97 Å². The summed E-state index contributed by atoms with van der Waals surface area (Å²) >= 11 is 0. The lowest BCUT2D eigenvalue weighted by molar-refractivity contribution is 0.0590. The maximum atomic E-state index is 11.9. The highest BCUT2D eigenvalue weighted by molar-refractivity contribution is 5.99. The van der Waals surface area contributed by atoms with Gasteiger partial charge in [-0.15, -0.1) is 0 Å². The van der Waals surface area contributed by atoms with Crippen molar-refractivity contribution in [1.29, 1.82) is 0 Å². The molecule has 1 heterocycles. The Hall–Kier alpha value is -2.88. The van der Waals surface area contributed by atoms with E-state index in [1.54, 1.807) is 0 Å². The number of benzene rings is 2. The zero-order chi connectivity index (χ0) is 14.7. The van der Waals surface area contributed by atoms with Gasteiger partial charge in [-0.25, -0.2) is 4.79 Å². The molecule has 0 aliphatic carbocycles. The highest BCUT2D eigenvalue weighted by Crippen LogP contribution is 2.35. The number of aromatic nitrogens is 1. The van der Waals surface area contributed by atoms with E-state index in [0.717, 1.165) is 11.1 Å². The van der Waals surface area contributed by atoms with E-state index < -0.39 is 5.97 Å². The number of carbonyl (C=O) groups excluding carboxylic acids is 1. The van der Waals surface area contributed by atoms with E-state index in [2.05, 4.69) is 5.16 Å². The number of nitrogens with zero attached hydrogens (tertiary/aromatic N) is 1. The van der Waals surface area contributed by atoms with E-state index in [4.69, 9.17) is 9.26 Å². The zero-order valence-electron chi connectivity index (χ0n) is 11.4. The van der Waals surface area contributed by atoms with Gasteiger partial charge in [0.15, 0.2) is 11.5 Å². The first kappa shape index (κ1) is 13.1. The first-order valence-corrected chi connectivity index (χ1v) is 6.50. The molecule has 3 aromatic rings. The first-order chi connectivity index (χ1) is 10.3. The molecule has 0 saturated heterocycles. The van der Waals surface area contributed by atoms with Crippen molar-refractivity contribution in [3.8, 4) is 22.5 Å². The monoisotopic (exact) mass is 279 g/mol. The molecule has 4 nitrogen and oxygen atoms in total. The van der Waals surface area contributed by atoms with E-state index in [1.165, 1.54) is 7.11 Å². The molecule has 0 atom stereocenters. The summed E-state index contributed by atoms with van der Waals surface area (Å²) < 4.78 is 10.2. The first-order valence-electron chi connectivity index (χ1n) is 6.50. The molecule has 0 spiro atoms. The summed E-state index contributed by atoms with van der Waals surface area (Å²) in [6.07, 6.45) is 0. The van der Waals surface area contributed by atoms with Gasteiger partial charge in [0.25, 0.3) is 0 Å². The second-order valence-electron chi connectivity index (χ2n) is 4.46. The molecule has 1 aromatic heterocycles. The Morgan fingerprint density at radius 1 is 0.952 bits per heavy atom. The van der Waals surface area contributed by atoms with Gasteiger partial charge in [0, 0.05) is 5.56 Å². The van der Waals surface area contributed by atoms with E-state index in [1.807, 2.05) is 60.7 Å². The van der Waals surface area contributed by atoms with Gasteiger partial charge >= 0.3 is 5.97 Å². The second-order valence-corrected chi connectivity index (χ2v) is 4.46. The largest absolute Gasteiger partial charge is 0.464 e. The van der Waals surface area contributed by atoms with Crippen LogP contribution in [-0.2, 0) is 4.74 Å². The number of rotatable bonds is 3. The molecule has 0 fully saturated rings. The lowest BCUT2D eigenvalue weighted by atomic mass is 9.99. The van der Waals surface area contributed by atoms with Crippen LogP contribution in [0.1, 0.15) is 10.5 Å². The second kappa shape index (κ2) is 5.63. The predicted molar refractivity (Wildman–Crippen MR) is 78.7 cm³/mol. The van der Waals surface area contributed by atoms with E-state index >= 15 is 0 Å². The fourth-order valence-corrected chi connectivity index (χ4v) is 2.19. The van der Waals surface area contributed by atoms with Crippen LogP contribution in [-0.4, -0.2) is 18.2 Å². The fraction of sp³-hybridized carbons (Fsp3) is 0.0588. The van der Waals surface area contributed by atoms with Crippen molar-refractivity contribution in [1.82, 2.24) is 5.16 Å². The molecule has 2 aromatic carbocycles. The minimum Gasteiger partial charge on any atom is -0.464 e. The van der Waals surface area contributed by atoms with Gasteiger partial charge in [-0.05, 0) is 5.56 Å². The smallest absolute Gasteiger partial charge is 0.360 e. The van der Waals surface area contributed by atoms with Gasteiger partial charge in [0.2, 0.25) is 0 Å². The van der Waals surface area contributed by atoms with Gasteiger partial charge in [-0.2, -0.15) is 0 Å². The molecule has 0 bridgehead atoms. The van der Waals surface area contributed by atoms with Crippen LogP contribution in [0.5, 0.6) is 0 Å². The van der Waals surface area contributed by atoms with E-state index in [9.17, 15) is 4.79 Å². The Morgan fingerprint density at radius 3 is 2.10 bits per heavy atom. The van der Waals surface area contributed by atoms with Crippen LogP contribution >= 0.6 is 0 Å². The van der Waals surface area contributed by atoms with Crippen molar-refractivity contribution in [2.45, 2.75) is 0 Å². The third-order valence-corrected chi connectivity index (χ3v) is 3.17. The lowest BCUT2D eigenvalue weighted by Gasteiger charge is -2.03. The molecule has 104 valence electrons. The molecule has 3 rings (SSSR count). The number of carbonyl (C=O) groups is 1. The van der Waals surface area contributed by atoms with Gasteiger partial charge in [-0.3, -0.25) is 0 Å². The molecule has 21 heavy (non-hydrogen) atoms. The minimum atomic E-state index is -0.514. The quantitative estimate of drug-likeness (QED) is 0.684. The van der Waals surface area contributed by atoms with Crippen LogP contribution in [0.2, 0.25) is 0 Å². The Bertz CT molecular complexity index is 748. The van der Waals surface area contributed by atoms with Crippen molar-refractivity contribution in [2.75, 3.05) is 7.11 Å². The molecule has 0 aliphatic rings. The molecule has 0 saturated carbocycles. The number of methoxy groups -OCH3 is 1. The van der Waals surface area contributed by atoms with Crippen LogP contribution in [0.15, 0.2) is 65.2 Å². The Kier molecular flexibility index (Phi) is 3.51. The highest BCUT2D eigenvalue weighted by atomic mass is 16.5. The Morgan fingerprint density at radius 2 is 1.52 bits per heavy atom. The molecular formula is C17H13NO3. The van der Waals surface area contributed by atoms with Crippen LogP contribution in [0.25, 0.3) is 22.5 Å². The van der Waals surface area contributed by atoms with Crippen molar-refractivity contribution in [3.05, 3.63) is 66.4 Å². The number of hydrogen-bond donors (Lipinski definition) is 0. The Balaban J connectivity index is 2.23. The minimum absolute atomic E-state index is 0.183. The predicted octanol–water partition coefficient (Wildman–Crippen LogP) is 3.80. The summed E-state index contributed by atoms with van der Waals surface area (Å²) in [5.41, 5.74) is 2.55. The summed E-state index contributed by atoms with van der Waals surface area (Å²) in [6, 6.07) is 19.1. The third kappa shape index (κ3) is 2.43. The van der Waals surface area contributed by atoms with Crippen molar-refractivity contribution in [3.63, 3.8) is 0 Å². The SMILES string of the molecule is COC(=O)c1noc(-c2ccccc2)c1-c1ccccc1. The highest BCUT2D eigenvalue weighted by Gasteiger charge is 2.24. The topological polar surface area (TPSA) is 52.3 Å². The number of ether oxygens (including phenoxy) is 1. The summed E-state index contributed by atoms with van der Waals surface area (Å²) in [7, 11) is 1.33. The zero-order valence-corrected chi connectivity index (χ0v) is 11.4. The van der Waals surface area contributed by atoms with Crippen molar-refractivity contribution < 1.29 is 14.1 Å². The third-order valence-electron chi connectivity index (χ3n) is 3.17. The standard InChI is InChI=1S/C17H13NO3/c1-20-17(19)15-14(12-8-4-2-5-9-12)16(21-18-15)13-10-6-3-7-11-13/h2-11H,1H3. The maximum Gasteiger partial charge on any atom is 0.360 e. The normalized spacial score (nSPS) is 10.3. The Labute approximate surface area is 122 Å². The van der Waals surface area contributed by atoms with Crippen LogP contribution in [0.3, 0.4) is 0 Å². The molecule has 0 amide bonds. The molecule has 0 aliphatic heterocycles. The summed E-state index contributed by atoms with van der Waals surface area (Å²) in [4.78, 5) is 11.9. The molecule has 4 heteroatoms. The van der Waals surface area contributed by atoms with Crippen LogP contribution in [0.4, 0.5) is 0 Å². The van der Waals surface area contributed by atoms with E-state index in [-0.39, 0.29) is 5.69 Å². The van der Waals surface area contributed by atoms with Crippen LogP contribution in [0, 0.1) is 0 Å². The van der Waals surface area contributed by atoms with Gasteiger partial charge < -0.3 is 9.26 Å². The molecule has 0 radical (unpaired) electrons. The summed E-state index contributed by atoms with van der Waals surface area (Å²) in [5.74, 6) is 0.0435. The molecule has 0 N–H and O–H groups in total. The average Bonchev–Trinajstić information content (AvgIpc) is 3.00. The fourth-order valence-electron chi connectivity index (χ4n) is 2.19.